The highest BCUT2D eigenvalue weighted by molar-refractivity contribution is 7.15. The van der Waals surface area contributed by atoms with E-state index in [1.807, 2.05) is 0 Å². The van der Waals surface area contributed by atoms with E-state index in [4.69, 9.17) is 5.11 Å². The lowest BCUT2D eigenvalue weighted by molar-refractivity contribution is 0.0696. The zero-order valence-corrected chi connectivity index (χ0v) is 10.2. The van der Waals surface area contributed by atoms with Crippen LogP contribution in [-0.2, 0) is 0 Å². The van der Waals surface area contributed by atoms with Crippen LogP contribution in [0.4, 0.5) is 5.13 Å². The van der Waals surface area contributed by atoms with Crippen LogP contribution in [0.15, 0.2) is 24.3 Å². The van der Waals surface area contributed by atoms with Gasteiger partial charge in [0.25, 0.3) is 5.91 Å². The van der Waals surface area contributed by atoms with Gasteiger partial charge in [0.05, 0.1) is 5.56 Å². The highest BCUT2D eigenvalue weighted by Gasteiger charge is 2.10. The number of carboxylic acid groups (broad SMARTS) is 1. The monoisotopic (exact) mass is 263 g/mol. The zero-order valence-electron chi connectivity index (χ0n) is 9.38. The molecule has 1 aromatic carbocycles. The van der Waals surface area contributed by atoms with Crippen molar-refractivity contribution in [2.45, 2.75) is 6.92 Å². The van der Waals surface area contributed by atoms with Gasteiger partial charge in [-0.1, -0.05) is 11.3 Å². The summed E-state index contributed by atoms with van der Waals surface area (Å²) < 4.78 is 0. The van der Waals surface area contributed by atoms with Crippen molar-refractivity contribution in [2.24, 2.45) is 0 Å². The molecule has 6 nitrogen and oxygen atoms in total. The fourth-order valence-corrected chi connectivity index (χ4v) is 1.87. The van der Waals surface area contributed by atoms with Crippen molar-refractivity contribution in [3.63, 3.8) is 0 Å². The summed E-state index contributed by atoms with van der Waals surface area (Å²) in [5.41, 5.74) is 0.506. The highest BCUT2D eigenvalue weighted by atomic mass is 32.1. The van der Waals surface area contributed by atoms with Gasteiger partial charge in [-0.25, -0.2) is 4.79 Å². The smallest absolute Gasteiger partial charge is 0.335 e. The first-order chi connectivity index (χ1) is 8.56. The second-order valence-electron chi connectivity index (χ2n) is 3.46. The van der Waals surface area contributed by atoms with Crippen LogP contribution in [0.5, 0.6) is 0 Å². The third-order valence-corrected chi connectivity index (χ3v) is 2.89. The molecule has 2 aromatic rings. The van der Waals surface area contributed by atoms with Gasteiger partial charge < -0.3 is 5.11 Å². The molecule has 0 aliphatic carbocycles. The lowest BCUT2D eigenvalue weighted by atomic mass is 10.1. The quantitative estimate of drug-likeness (QED) is 0.880. The maximum absolute atomic E-state index is 11.8. The first-order valence-corrected chi connectivity index (χ1v) is 5.83. The van der Waals surface area contributed by atoms with Crippen LogP contribution >= 0.6 is 11.3 Å². The Labute approximate surface area is 106 Å². The molecule has 0 bridgehead atoms. The molecule has 1 amide bonds. The van der Waals surface area contributed by atoms with Gasteiger partial charge in [0.15, 0.2) is 0 Å². The van der Waals surface area contributed by atoms with E-state index in [0.717, 1.165) is 5.01 Å². The minimum Gasteiger partial charge on any atom is -0.478 e. The Kier molecular flexibility index (Phi) is 3.33. The molecule has 92 valence electrons. The molecule has 0 unspecified atom stereocenters. The SMILES string of the molecule is Cc1nnc(NC(=O)c2ccc(C(=O)O)cc2)s1. The van der Waals surface area contributed by atoms with Crippen molar-refractivity contribution >= 4 is 28.3 Å². The van der Waals surface area contributed by atoms with E-state index in [0.29, 0.717) is 10.7 Å². The highest BCUT2D eigenvalue weighted by Crippen LogP contribution is 2.15. The maximum Gasteiger partial charge on any atom is 0.335 e. The number of rotatable bonds is 3. The number of aryl methyl sites for hydroxylation is 1. The number of carbonyl (C=O) groups excluding carboxylic acids is 1. The number of carboxylic acids is 1. The van der Waals surface area contributed by atoms with Gasteiger partial charge in [0.1, 0.15) is 5.01 Å². The van der Waals surface area contributed by atoms with E-state index >= 15 is 0 Å². The van der Waals surface area contributed by atoms with E-state index in [-0.39, 0.29) is 11.5 Å². The molecule has 7 heteroatoms. The summed E-state index contributed by atoms with van der Waals surface area (Å²) in [5.74, 6) is -1.37. The van der Waals surface area contributed by atoms with Crippen molar-refractivity contribution < 1.29 is 14.7 Å². The third-order valence-electron chi connectivity index (χ3n) is 2.14. The van der Waals surface area contributed by atoms with Gasteiger partial charge in [-0.15, -0.1) is 10.2 Å². The fraction of sp³-hybridized carbons (Fsp3) is 0.0909. The Balaban J connectivity index is 2.11. The second kappa shape index (κ2) is 4.92. The van der Waals surface area contributed by atoms with Crippen LogP contribution in [0, 0.1) is 6.92 Å². The Hall–Kier alpha value is -2.28. The number of aromatic nitrogens is 2. The number of nitrogens with one attached hydrogen (secondary N) is 1. The van der Waals surface area contributed by atoms with Gasteiger partial charge in [-0.3, -0.25) is 10.1 Å². The van der Waals surface area contributed by atoms with Crippen molar-refractivity contribution in [3.05, 3.63) is 40.4 Å². The Morgan fingerprint density at radius 2 is 1.78 bits per heavy atom. The number of hydrogen-bond acceptors (Lipinski definition) is 5. The van der Waals surface area contributed by atoms with Gasteiger partial charge in [-0.05, 0) is 31.2 Å². The molecule has 0 aliphatic heterocycles. The van der Waals surface area contributed by atoms with Gasteiger partial charge >= 0.3 is 5.97 Å². The molecule has 0 radical (unpaired) electrons. The molecule has 0 atom stereocenters. The van der Waals surface area contributed by atoms with Crippen molar-refractivity contribution in [1.29, 1.82) is 0 Å². The molecule has 2 N–H and O–H groups in total. The summed E-state index contributed by atoms with van der Waals surface area (Å²) in [4.78, 5) is 22.4. The number of anilines is 1. The zero-order chi connectivity index (χ0) is 13.1. The van der Waals surface area contributed by atoms with E-state index in [2.05, 4.69) is 15.5 Å². The second-order valence-corrected chi connectivity index (χ2v) is 4.64. The number of nitrogens with zero attached hydrogens (tertiary/aromatic N) is 2. The molecule has 0 spiro atoms. The standard InChI is InChI=1S/C11H9N3O3S/c1-6-13-14-11(18-6)12-9(15)7-2-4-8(5-3-7)10(16)17/h2-5H,1H3,(H,16,17)(H,12,14,15). The molecular formula is C11H9N3O3S. The fourth-order valence-electron chi connectivity index (χ4n) is 1.28. The largest absolute Gasteiger partial charge is 0.478 e. The molecule has 18 heavy (non-hydrogen) atoms. The van der Waals surface area contributed by atoms with Crippen molar-refractivity contribution in [1.82, 2.24) is 10.2 Å². The van der Waals surface area contributed by atoms with Crippen molar-refractivity contribution in [2.75, 3.05) is 5.32 Å². The normalized spacial score (nSPS) is 10.1. The maximum atomic E-state index is 11.8. The molecule has 1 heterocycles. The molecule has 2 rings (SSSR count). The molecule has 1 aromatic heterocycles. The number of aromatic carboxylic acids is 1. The molecular weight excluding hydrogens is 254 g/mol. The molecule has 0 saturated heterocycles. The van der Waals surface area contributed by atoms with Crippen LogP contribution in [-0.4, -0.2) is 27.2 Å². The minimum absolute atomic E-state index is 0.137. The predicted octanol–water partition coefficient (Wildman–Crippen LogP) is 1.80. The first kappa shape index (κ1) is 12.2. The molecule has 0 fully saturated rings. The lowest BCUT2D eigenvalue weighted by Gasteiger charge is -2.01. The van der Waals surface area contributed by atoms with Gasteiger partial charge in [0.2, 0.25) is 5.13 Å². The minimum atomic E-state index is -1.03. The average Bonchev–Trinajstić information content (AvgIpc) is 2.75. The van der Waals surface area contributed by atoms with Gasteiger partial charge in [0, 0.05) is 5.56 Å². The summed E-state index contributed by atoms with van der Waals surface area (Å²) in [6, 6.07) is 5.66. The van der Waals surface area contributed by atoms with E-state index in [1.54, 1.807) is 6.92 Å². The van der Waals surface area contributed by atoms with Crippen LogP contribution in [0.25, 0.3) is 0 Å². The Morgan fingerprint density at radius 1 is 1.17 bits per heavy atom. The van der Waals surface area contributed by atoms with Crippen LogP contribution in [0.1, 0.15) is 25.7 Å². The lowest BCUT2D eigenvalue weighted by Crippen LogP contribution is -2.12. The number of amides is 1. The van der Waals surface area contributed by atoms with Gasteiger partial charge in [-0.2, -0.15) is 0 Å². The number of carbonyl (C=O) groups is 2. The summed E-state index contributed by atoms with van der Waals surface area (Å²) in [7, 11) is 0. The van der Waals surface area contributed by atoms with Crippen LogP contribution in [0.2, 0.25) is 0 Å². The van der Waals surface area contributed by atoms with Crippen LogP contribution < -0.4 is 5.32 Å². The van der Waals surface area contributed by atoms with Crippen LogP contribution in [0.3, 0.4) is 0 Å². The molecule has 0 saturated carbocycles. The van der Waals surface area contributed by atoms with E-state index in [1.165, 1.54) is 35.6 Å². The number of benzene rings is 1. The summed E-state index contributed by atoms with van der Waals surface area (Å²) in [5, 5.41) is 20.0. The van der Waals surface area contributed by atoms with E-state index in [9.17, 15) is 9.59 Å². The Morgan fingerprint density at radius 3 is 2.28 bits per heavy atom. The Bertz CT molecular complexity index is 592. The van der Waals surface area contributed by atoms with E-state index < -0.39 is 5.97 Å². The predicted molar refractivity (Wildman–Crippen MR) is 66.0 cm³/mol. The summed E-state index contributed by atoms with van der Waals surface area (Å²) in [6.07, 6.45) is 0. The first-order valence-electron chi connectivity index (χ1n) is 5.01. The third kappa shape index (κ3) is 2.69. The topological polar surface area (TPSA) is 92.2 Å². The summed E-state index contributed by atoms with van der Waals surface area (Å²) >= 11 is 1.27. The molecule has 0 aliphatic rings. The van der Waals surface area contributed by atoms with Crippen molar-refractivity contribution in [3.8, 4) is 0 Å². The average molecular weight is 263 g/mol. The number of hydrogen-bond donors (Lipinski definition) is 2. The summed E-state index contributed by atoms with van der Waals surface area (Å²) in [6.45, 7) is 1.79.